The first-order valence-electron chi connectivity index (χ1n) is 9.99. The molecule has 0 spiro atoms. The molecule has 1 N–H and O–H groups in total. The quantitative estimate of drug-likeness (QED) is 0.471. The Morgan fingerprint density at radius 3 is 2.07 bits per heavy atom. The van der Waals surface area contributed by atoms with Crippen LogP contribution in [0.3, 0.4) is 0 Å². The zero-order valence-corrected chi connectivity index (χ0v) is 18.2. The van der Waals surface area contributed by atoms with Gasteiger partial charge >= 0.3 is 17.9 Å². The van der Waals surface area contributed by atoms with E-state index in [9.17, 15) is 14.4 Å². The molecule has 0 radical (unpaired) electrons. The fourth-order valence-electron chi connectivity index (χ4n) is 2.60. The summed E-state index contributed by atoms with van der Waals surface area (Å²) in [6, 6.07) is 5.74. The third-order valence-electron chi connectivity index (χ3n) is 3.97. The van der Waals surface area contributed by atoms with Crippen LogP contribution in [0.1, 0.15) is 63.9 Å². The maximum atomic E-state index is 12.3. The predicted octanol–water partition coefficient (Wildman–Crippen LogP) is 3.05. The van der Waals surface area contributed by atoms with E-state index in [1.54, 1.807) is 53.7 Å². The minimum atomic E-state index is -0.658. The molecule has 1 aromatic carbocycles. The van der Waals surface area contributed by atoms with E-state index in [0.29, 0.717) is 25.0 Å². The van der Waals surface area contributed by atoms with Gasteiger partial charge in [-0.1, -0.05) is 12.1 Å². The molecular weight excluding hydrogens is 374 g/mol. The van der Waals surface area contributed by atoms with Crippen LogP contribution in [-0.2, 0) is 30.2 Å². The number of hydrogen-bond donors (Lipinski definition) is 1. The van der Waals surface area contributed by atoms with Crippen LogP contribution in [0, 0.1) is 0 Å². The predicted molar refractivity (Wildman–Crippen MR) is 110 cm³/mol. The number of esters is 3. The number of carbonyl (C=O) groups excluding carboxylic acids is 3. The minimum Gasteiger partial charge on any atom is -0.465 e. The summed E-state index contributed by atoms with van der Waals surface area (Å²) in [5.74, 6) is -1.20. The molecular formula is C22H33NO6. The smallest absolute Gasteiger partial charge is 0.338 e. The average Bonchev–Trinajstić information content (AvgIpc) is 2.64. The second-order valence-corrected chi connectivity index (χ2v) is 7.68. The van der Waals surface area contributed by atoms with Crippen molar-refractivity contribution in [2.75, 3.05) is 13.2 Å². The molecule has 0 aliphatic rings. The van der Waals surface area contributed by atoms with Gasteiger partial charge in [0.15, 0.2) is 0 Å². The number of aryl methyl sites for hydroxylation is 1. The zero-order valence-electron chi connectivity index (χ0n) is 18.2. The van der Waals surface area contributed by atoms with Gasteiger partial charge in [0.25, 0.3) is 0 Å². The zero-order chi connectivity index (χ0) is 22.0. The van der Waals surface area contributed by atoms with Gasteiger partial charge in [0.2, 0.25) is 0 Å². The number of carbonyl (C=O) groups is 3. The highest BCUT2D eigenvalue weighted by atomic mass is 16.6. The van der Waals surface area contributed by atoms with Crippen molar-refractivity contribution in [3.63, 3.8) is 0 Å². The van der Waals surface area contributed by atoms with Gasteiger partial charge in [0.05, 0.1) is 18.8 Å². The Labute approximate surface area is 173 Å². The molecule has 0 unspecified atom stereocenters. The number of nitrogens with one attached hydrogen (secondary N) is 1. The number of rotatable bonds is 10. The van der Waals surface area contributed by atoms with Crippen LogP contribution in [0.5, 0.6) is 0 Å². The summed E-state index contributed by atoms with van der Waals surface area (Å²) in [5, 5.41) is 3.02. The fourth-order valence-corrected chi connectivity index (χ4v) is 2.60. The van der Waals surface area contributed by atoms with E-state index in [4.69, 9.17) is 14.2 Å². The third kappa shape index (κ3) is 9.09. The van der Waals surface area contributed by atoms with E-state index in [0.717, 1.165) is 5.56 Å². The van der Waals surface area contributed by atoms with E-state index < -0.39 is 29.6 Å². The standard InChI is InChI=1S/C22H33NO6/c1-7-27-20(25)17-12-9-16(10-13-17)11-14-18(21(26)28-8-2)23-15(3)19(24)29-22(4,5)6/h9-10,12-13,15,18,23H,7-8,11,14H2,1-6H3/t15-,18+/m0/s1. The van der Waals surface area contributed by atoms with Crippen molar-refractivity contribution < 1.29 is 28.6 Å². The molecule has 7 nitrogen and oxygen atoms in total. The lowest BCUT2D eigenvalue weighted by molar-refractivity contribution is -0.157. The Hall–Kier alpha value is -2.41. The van der Waals surface area contributed by atoms with Crippen LogP contribution in [-0.4, -0.2) is 48.8 Å². The monoisotopic (exact) mass is 407 g/mol. The molecule has 0 aliphatic heterocycles. The summed E-state index contributed by atoms with van der Waals surface area (Å²) < 4.78 is 15.5. The second kappa shape index (κ2) is 11.6. The van der Waals surface area contributed by atoms with Crippen LogP contribution in [0.2, 0.25) is 0 Å². The number of ether oxygens (including phenoxy) is 3. The Morgan fingerprint density at radius 2 is 1.55 bits per heavy atom. The van der Waals surface area contributed by atoms with Crippen molar-refractivity contribution in [3.8, 4) is 0 Å². The highest BCUT2D eigenvalue weighted by Crippen LogP contribution is 2.12. The average molecular weight is 408 g/mol. The summed E-state index contributed by atoms with van der Waals surface area (Å²) in [6.45, 7) is 11.1. The highest BCUT2D eigenvalue weighted by Gasteiger charge is 2.27. The van der Waals surface area contributed by atoms with Crippen molar-refractivity contribution in [2.45, 2.75) is 72.1 Å². The molecule has 0 saturated heterocycles. The van der Waals surface area contributed by atoms with Gasteiger partial charge < -0.3 is 14.2 Å². The lowest BCUT2D eigenvalue weighted by Crippen LogP contribution is -2.48. The van der Waals surface area contributed by atoms with Gasteiger partial charge in [-0.25, -0.2) is 4.79 Å². The number of hydrogen-bond acceptors (Lipinski definition) is 7. The second-order valence-electron chi connectivity index (χ2n) is 7.68. The first-order valence-corrected chi connectivity index (χ1v) is 9.99. The van der Waals surface area contributed by atoms with E-state index in [1.807, 2.05) is 12.1 Å². The van der Waals surface area contributed by atoms with Crippen LogP contribution in [0.4, 0.5) is 0 Å². The van der Waals surface area contributed by atoms with E-state index in [2.05, 4.69) is 5.32 Å². The molecule has 1 rings (SSSR count). The summed E-state index contributed by atoms with van der Waals surface area (Å²) in [4.78, 5) is 36.3. The van der Waals surface area contributed by atoms with E-state index in [1.165, 1.54) is 0 Å². The minimum absolute atomic E-state index is 0.256. The molecule has 162 valence electrons. The van der Waals surface area contributed by atoms with Gasteiger partial charge in [-0.15, -0.1) is 0 Å². The fraction of sp³-hybridized carbons (Fsp3) is 0.591. The highest BCUT2D eigenvalue weighted by molar-refractivity contribution is 5.89. The molecule has 0 saturated carbocycles. The van der Waals surface area contributed by atoms with E-state index >= 15 is 0 Å². The summed E-state index contributed by atoms with van der Waals surface area (Å²) in [5.41, 5.74) is 0.834. The summed E-state index contributed by atoms with van der Waals surface area (Å²) in [6.07, 6.45) is 1.01. The van der Waals surface area contributed by atoms with Gasteiger partial charge in [-0.05, 0) is 72.1 Å². The first kappa shape index (κ1) is 24.6. The van der Waals surface area contributed by atoms with Crippen molar-refractivity contribution >= 4 is 17.9 Å². The van der Waals surface area contributed by atoms with Gasteiger partial charge in [0, 0.05) is 0 Å². The van der Waals surface area contributed by atoms with Crippen LogP contribution in [0.25, 0.3) is 0 Å². The van der Waals surface area contributed by atoms with Crippen molar-refractivity contribution in [2.24, 2.45) is 0 Å². The normalized spacial score (nSPS) is 13.3. The molecule has 0 fully saturated rings. The Morgan fingerprint density at radius 1 is 0.966 bits per heavy atom. The molecule has 0 aromatic heterocycles. The molecule has 0 amide bonds. The Kier molecular flexibility index (Phi) is 9.81. The molecule has 0 heterocycles. The lowest BCUT2D eigenvalue weighted by atomic mass is 10.0. The van der Waals surface area contributed by atoms with Crippen LogP contribution < -0.4 is 5.32 Å². The van der Waals surface area contributed by atoms with Crippen LogP contribution >= 0.6 is 0 Å². The molecule has 2 atom stereocenters. The third-order valence-corrected chi connectivity index (χ3v) is 3.97. The lowest BCUT2D eigenvalue weighted by Gasteiger charge is -2.25. The topological polar surface area (TPSA) is 90.9 Å². The largest absolute Gasteiger partial charge is 0.465 e. The van der Waals surface area contributed by atoms with Gasteiger partial charge in [0.1, 0.15) is 17.7 Å². The number of benzene rings is 1. The summed E-state index contributed by atoms with van der Waals surface area (Å²) in [7, 11) is 0. The maximum absolute atomic E-state index is 12.3. The Balaban J connectivity index is 2.75. The molecule has 29 heavy (non-hydrogen) atoms. The van der Waals surface area contributed by atoms with Gasteiger partial charge in [-0.3, -0.25) is 14.9 Å². The molecule has 0 bridgehead atoms. The van der Waals surface area contributed by atoms with Gasteiger partial charge in [-0.2, -0.15) is 0 Å². The molecule has 1 aromatic rings. The maximum Gasteiger partial charge on any atom is 0.338 e. The summed E-state index contributed by atoms with van der Waals surface area (Å²) >= 11 is 0. The molecule has 0 aliphatic carbocycles. The molecule has 7 heteroatoms. The first-order chi connectivity index (χ1) is 13.6. The van der Waals surface area contributed by atoms with Crippen molar-refractivity contribution in [3.05, 3.63) is 35.4 Å². The van der Waals surface area contributed by atoms with E-state index in [-0.39, 0.29) is 12.6 Å². The SMILES string of the molecule is CCOC(=O)c1ccc(CC[C@@H](N[C@@H](C)C(=O)OC(C)(C)C)C(=O)OCC)cc1. The Bertz CT molecular complexity index is 678. The van der Waals surface area contributed by atoms with Crippen molar-refractivity contribution in [1.82, 2.24) is 5.32 Å². The van der Waals surface area contributed by atoms with Crippen LogP contribution in [0.15, 0.2) is 24.3 Å². The van der Waals surface area contributed by atoms with Crippen molar-refractivity contribution in [1.29, 1.82) is 0 Å².